The van der Waals surface area contributed by atoms with Crippen LogP contribution in [0.4, 0.5) is 0 Å². The van der Waals surface area contributed by atoms with Crippen LogP contribution in [0.3, 0.4) is 0 Å². The smallest absolute Gasteiger partial charge is 0.208 e. The average Bonchev–Trinajstić information content (AvgIpc) is 3.27. The van der Waals surface area contributed by atoms with Crippen LogP contribution in [-0.2, 0) is 24.4 Å². The maximum Gasteiger partial charge on any atom is 0.208 e. The largest absolute Gasteiger partial charge is 0.481 e. The van der Waals surface area contributed by atoms with E-state index in [1.54, 1.807) is 7.11 Å². The number of rotatable bonds is 9. The molecule has 3 heterocycles. The summed E-state index contributed by atoms with van der Waals surface area (Å²) in [6.07, 6.45) is 11.4. The minimum Gasteiger partial charge on any atom is -0.481 e. The Morgan fingerprint density at radius 3 is 2.50 bits per heavy atom. The first kappa shape index (κ1) is 26.7. The Balaban J connectivity index is 1.33. The van der Waals surface area contributed by atoms with Crippen molar-refractivity contribution in [1.82, 2.24) is 14.4 Å². The molecule has 0 unspecified atom stereocenters. The van der Waals surface area contributed by atoms with Gasteiger partial charge in [0.25, 0.3) is 0 Å². The first-order chi connectivity index (χ1) is 18.6. The van der Waals surface area contributed by atoms with E-state index >= 15 is 0 Å². The number of ether oxygens (including phenoxy) is 1. The number of aliphatic imine (C=N–C) groups is 1. The molecule has 38 heavy (non-hydrogen) atoms. The summed E-state index contributed by atoms with van der Waals surface area (Å²) in [5.41, 5.74) is 12.0. The zero-order chi connectivity index (χ0) is 26.3. The second kappa shape index (κ2) is 12.8. The molecule has 2 aromatic carbocycles. The Hall–Kier alpha value is -2.90. The first-order valence-electron chi connectivity index (χ1n) is 13.6. The molecule has 0 bridgehead atoms. The SMILES string of the molecule is COC1=C/CC/C=C(c2cn(CCCN)c3ccc(CN4CCN(Cc5ccccc5Cl)CC4)cc23)/C=N\1. The number of methoxy groups -OCH3 is 1. The summed E-state index contributed by atoms with van der Waals surface area (Å²) >= 11 is 6.39. The molecule has 1 aromatic heterocycles. The molecule has 2 aliphatic heterocycles. The number of fused-ring (bicyclic) bond motifs is 1. The predicted molar refractivity (Wildman–Crippen MR) is 158 cm³/mol. The van der Waals surface area contributed by atoms with Gasteiger partial charge in [-0.25, -0.2) is 4.99 Å². The van der Waals surface area contributed by atoms with Gasteiger partial charge in [-0.1, -0.05) is 41.9 Å². The fourth-order valence-electron chi connectivity index (χ4n) is 5.35. The van der Waals surface area contributed by atoms with Gasteiger partial charge in [0.05, 0.1) is 7.11 Å². The second-order valence-corrected chi connectivity index (χ2v) is 10.5. The topological polar surface area (TPSA) is 59.0 Å². The van der Waals surface area contributed by atoms with Crippen LogP contribution in [0.25, 0.3) is 16.5 Å². The van der Waals surface area contributed by atoms with Gasteiger partial charge in [0.15, 0.2) is 0 Å². The zero-order valence-corrected chi connectivity index (χ0v) is 23.0. The highest BCUT2D eigenvalue weighted by Gasteiger charge is 2.19. The summed E-state index contributed by atoms with van der Waals surface area (Å²) in [7, 11) is 1.68. The lowest BCUT2D eigenvalue weighted by Gasteiger charge is -2.35. The third kappa shape index (κ3) is 6.38. The van der Waals surface area contributed by atoms with Crippen molar-refractivity contribution in [3.05, 3.63) is 88.4 Å². The lowest BCUT2D eigenvalue weighted by molar-refractivity contribution is 0.122. The number of hydrogen-bond donors (Lipinski definition) is 1. The van der Waals surface area contributed by atoms with Crippen molar-refractivity contribution in [3.8, 4) is 0 Å². The van der Waals surface area contributed by atoms with Crippen molar-refractivity contribution < 1.29 is 4.74 Å². The number of aromatic nitrogens is 1. The van der Waals surface area contributed by atoms with Crippen LogP contribution < -0.4 is 5.73 Å². The molecule has 1 saturated heterocycles. The van der Waals surface area contributed by atoms with Crippen molar-refractivity contribution in [2.75, 3.05) is 39.8 Å². The van der Waals surface area contributed by atoms with E-state index in [1.807, 2.05) is 24.4 Å². The number of piperazine rings is 1. The molecule has 2 N–H and O–H groups in total. The predicted octanol–water partition coefficient (Wildman–Crippen LogP) is 5.70. The van der Waals surface area contributed by atoms with E-state index in [0.717, 1.165) is 75.7 Å². The quantitative estimate of drug-likeness (QED) is 0.385. The Bertz CT molecular complexity index is 1330. The summed E-state index contributed by atoms with van der Waals surface area (Å²) in [6, 6.07) is 15.1. The van der Waals surface area contributed by atoms with Gasteiger partial charge < -0.3 is 15.0 Å². The van der Waals surface area contributed by atoms with Gasteiger partial charge in [0.1, 0.15) is 0 Å². The van der Waals surface area contributed by atoms with E-state index in [9.17, 15) is 0 Å². The lowest BCUT2D eigenvalue weighted by Crippen LogP contribution is -2.45. The lowest BCUT2D eigenvalue weighted by atomic mass is 10.0. The number of nitrogens with zero attached hydrogens (tertiary/aromatic N) is 4. The van der Waals surface area contributed by atoms with Gasteiger partial charge in [0.2, 0.25) is 5.88 Å². The van der Waals surface area contributed by atoms with Gasteiger partial charge in [-0.15, -0.1) is 0 Å². The highest BCUT2D eigenvalue weighted by Crippen LogP contribution is 2.30. The average molecular weight is 532 g/mol. The van der Waals surface area contributed by atoms with E-state index in [1.165, 1.54) is 27.6 Å². The third-order valence-electron chi connectivity index (χ3n) is 7.47. The minimum atomic E-state index is 0.678. The number of halogens is 1. The number of nitrogens with two attached hydrogens (primary N) is 1. The van der Waals surface area contributed by atoms with Gasteiger partial charge in [-0.3, -0.25) is 9.80 Å². The Labute approximate surface area is 231 Å². The fraction of sp³-hybridized carbons (Fsp3) is 0.387. The molecule has 0 spiro atoms. The van der Waals surface area contributed by atoms with Crippen LogP contribution in [0.1, 0.15) is 36.0 Å². The molecule has 0 aliphatic carbocycles. The van der Waals surface area contributed by atoms with Crippen LogP contribution in [0.15, 0.2) is 71.7 Å². The molecule has 0 amide bonds. The molecular formula is C31H38ClN5O. The van der Waals surface area contributed by atoms with Crippen molar-refractivity contribution in [2.24, 2.45) is 10.7 Å². The van der Waals surface area contributed by atoms with E-state index in [2.05, 4.69) is 62.0 Å². The number of aryl methyl sites for hydroxylation is 1. The van der Waals surface area contributed by atoms with Crippen LogP contribution >= 0.6 is 11.6 Å². The second-order valence-electron chi connectivity index (χ2n) is 10.1. The summed E-state index contributed by atoms with van der Waals surface area (Å²) < 4.78 is 7.75. The Morgan fingerprint density at radius 1 is 0.974 bits per heavy atom. The van der Waals surface area contributed by atoms with E-state index in [-0.39, 0.29) is 0 Å². The summed E-state index contributed by atoms with van der Waals surface area (Å²) in [5.74, 6) is 0.678. The first-order valence-corrected chi connectivity index (χ1v) is 14.0. The van der Waals surface area contributed by atoms with Crippen LogP contribution in [0, 0.1) is 0 Å². The molecular weight excluding hydrogens is 494 g/mol. The monoisotopic (exact) mass is 531 g/mol. The molecule has 7 heteroatoms. The molecule has 6 nitrogen and oxygen atoms in total. The van der Waals surface area contributed by atoms with E-state index in [4.69, 9.17) is 22.1 Å². The van der Waals surface area contributed by atoms with Crippen LogP contribution in [0.5, 0.6) is 0 Å². The Kier molecular flexibility index (Phi) is 8.97. The highest BCUT2D eigenvalue weighted by atomic mass is 35.5. The number of hydrogen-bond acceptors (Lipinski definition) is 5. The number of benzene rings is 2. The van der Waals surface area contributed by atoms with Gasteiger partial charge >= 0.3 is 0 Å². The summed E-state index contributed by atoms with van der Waals surface area (Å²) in [4.78, 5) is 9.65. The maximum absolute atomic E-state index is 6.39. The molecule has 5 rings (SSSR count). The zero-order valence-electron chi connectivity index (χ0n) is 22.3. The minimum absolute atomic E-state index is 0.678. The molecule has 2 aliphatic rings. The maximum atomic E-state index is 6.39. The van der Waals surface area contributed by atoms with Crippen molar-refractivity contribution >= 4 is 34.3 Å². The summed E-state index contributed by atoms with van der Waals surface area (Å²) in [5, 5.41) is 2.13. The highest BCUT2D eigenvalue weighted by molar-refractivity contribution is 6.31. The Morgan fingerprint density at radius 2 is 1.74 bits per heavy atom. The third-order valence-corrected chi connectivity index (χ3v) is 7.84. The van der Waals surface area contributed by atoms with Crippen molar-refractivity contribution in [1.29, 1.82) is 0 Å². The van der Waals surface area contributed by atoms with Crippen LogP contribution in [0.2, 0.25) is 5.02 Å². The standard InChI is InChI=1S/C31H38ClN5O/c1-38-31-10-5-3-7-25(20-34-31)28-23-37(14-6-13-33)30-12-11-24(19-27(28)30)21-35-15-17-36(18-16-35)22-26-8-2-4-9-29(26)32/h2,4,7-12,19-20,23H,3,5-6,13-18,21-22,33H2,1H3/b25-7-,31-10+,34-20-. The van der Waals surface area contributed by atoms with Gasteiger partial charge in [-0.05, 0) is 66.8 Å². The summed E-state index contributed by atoms with van der Waals surface area (Å²) in [6.45, 7) is 7.66. The van der Waals surface area contributed by atoms with Gasteiger partial charge in [-0.2, -0.15) is 0 Å². The normalized spacial score (nSPS) is 20.8. The number of allylic oxidation sites excluding steroid dienone is 3. The van der Waals surface area contributed by atoms with Crippen molar-refractivity contribution in [2.45, 2.75) is 38.9 Å². The van der Waals surface area contributed by atoms with Crippen molar-refractivity contribution in [3.63, 3.8) is 0 Å². The molecule has 0 saturated carbocycles. The molecule has 1 fully saturated rings. The fourth-order valence-corrected chi connectivity index (χ4v) is 5.55. The molecule has 3 aromatic rings. The molecule has 200 valence electrons. The molecule has 0 radical (unpaired) electrons. The van der Waals surface area contributed by atoms with E-state index in [0.29, 0.717) is 12.4 Å². The van der Waals surface area contributed by atoms with E-state index < -0.39 is 0 Å². The molecule has 0 atom stereocenters. The van der Waals surface area contributed by atoms with Crippen LogP contribution in [-0.4, -0.2) is 60.4 Å². The van der Waals surface area contributed by atoms with Gasteiger partial charge in [0, 0.05) is 79.7 Å².